The van der Waals surface area contributed by atoms with E-state index in [-0.39, 0.29) is 37.3 Å². The van der Waals surface area contributed by atoms with E-state index in [0.717, 1.165) is 22.3 Å². The second-order valence-electron chi connectivity index (χ2n) is 9.75. The van der Waals surface area contributed by atoms with Gasteiger partial charge in [0, 0.05) is 18.9 Å². The number of carboxylic acid groups (broad SMARTS) is 1. The van der Waals surface area contributed by atoms with Crippen LogP contribution >= 0.6 is 0 Å². The molecule has 0 saturated heterocycles. The molecule has 0 heterocycles. The van der Waals surface area contributed by atoms with Crippen molar-refractivity contribution in [1.82, 2.24) is 10.6 Å². The van der Waals surface area contributed by atoms with Gasteiger partial charge in [-0.2, -0.15) is 0 Å². The maximum Gasteiger partial charge on any atom is 0.407 e. The Bertz CT molecular complexity index is 1020. The number of carbonyl (C=O) groups is 3. The van der Waals surface area contributed by atoms with Crippen LogP contribution in [0.25, 0.3) is 11.1 Å². The largest absolute Gasteiger partial charge is 0.479 e. The molecular weight excluding hydrogens is 448 g/mol. The molecule has 188 valence electrons. The van der Waals surface area contributed by atoms with Gasteiger partial charge >= 0.3 is 12.1 Å². The molecule has 0 bridgehead atoms. The van der Waals surface area contributed by atoms with Crippen LogP contribution in [-0.2, 0) is 14.3 Å². The molecule has 1 aliphatic rings. The van der Waals surface area contributed by atoms with Gasteiger partial charge in [-0.25, -0.2) is 9.59 Å². The normalized spacial score (nSPS) is 15.0. The zero-order valence-corrected chi connectivity index (χ0v) is 20.4. The highest BCUT2D eigenvalue weighted by Gasteiger charge is 2.35. The van der Waals surface area contributed by atoms with Crippen LogP contribution in [0.5, 0.6) is 0 Å². The Morgan fingerprint density at radius 1 is 1.03 bits per heavy atom. The number of hydrogen-bond acceptors (Lipinski definition) is 5. The van der Waals surface area contributed by atoms with Crippen LogP contribution < -0.4 is 10.6 Å². The Morgan fingerprint density at radius 2 is 1.60 bits per heavy atom. The summed E-state index contributed by atoms with van der Waals surface area (Å²) < 4.78 is 5.57. The number of nitrogens with one attached hydrogen (secondary N) is 2. The number of rotatable bonds is 11. The lowest BCUT2D eigenvalue weighted by Crippen LogP contribution is -2.55. The summed E-state index contributed by atoms with van der Waals surface area (Å²) in [4.78, 5) is 36.3. The summed E-state index contributed by atoms with van der Waals surface area (Å²) in [5.74, 6) is -1.81. The van der Waals surface area contributed by atoms with Gasteiger partial charge in [0.2, 0.25) is 5.91 Å². The summed E-state index contributed by atoms with van der Waals surface area (Å²) in [5, 5.41) is 23.8. The van der Waals surface area contributed by atoms with E-state index in [2.05, 4.69) is 34.9 Å². The van der Waals surface area contributed by atoms with Gasteiger partial charge in [-0.3, -0.25) is 4.79 Å². The first-order chi connectivity index (χ1) is 16.6. The molecule has 2 unspecified atom stereocenters. The van der Waals surface area contributed by atoms with Gasteiger partial charge < -0.3 is 25.6 Å². The van der Waals surface area contributed by atoms with Crippen molar-refractivity contribution in [2.75, 3.05) is 19.8 Å². The number of aliphatic carboxylic acids is 1. The molecule has 4 N–H and O–H groups in total. The van der Waals surface area contributed by atoms with E-state index in [0.29, 0.717) is 6.42 Å². The van der Waals surface area contributed by atoms with Crippen molar-refractivity contribution in [3.8, 4) is 11.1 Å². The molecule has 0 aliphatic heterocycles. The summed E-state index contributed by atoms with van der Waals surface area (Å²) in [5.41, 5.74) is 2.80. The molecule has 0 fully saturated rings. The van der Waals surface area contributed by atoms with Gasteiger partial charge in [-0.15, -0.1) is 0 Å². The van der Waals surface area contributed by atoms with E-state index in [4.69, 9.17) is 4.74 Å². The predicted molar refractivity (Wildman–Crippen MR) is 132 cm³/mol. The number of fused-ring (bicyclic) bond motifs is 3. The van der Waals surface area contributed by atoms with Crippen molar-refractivity contribution in [1.29, 1.82) is 0 Å². The topological polar surface area (TPSA) is 125 Å². The van der Waals surface area contributed by atoms with Crippen LogP contribution in [0.1, 0.15) is 50.7 Å². The number of carboxylic acids is 1. The molecule has 0 aromatic heterocycles. The minimum Gasteiger partial charge on any atom is -0.479 e. The van der Waals surface area contributed by atoms with E-state index >= 15 is 0 Å². The van der Waals surface area contributed by atoms with Crippen LogP contribution in [0, 0.1) is 11.8 Å². The monoisotopic (exact) mass is 482 g/mol. The fourth-order valence-electron chi connectivity index (χ4n) is 4.56. The molecule has 0 radical (unpaired) electrons. The van der Waals surface area contributed by atoms with Crippen molar-refractivity contribution >= 4 is 18.0 Å². The molecule has 8 nitrogen and oxygen atoms in total. The number of ether oxygens (including phenoxy) is 1. The van der Waals surface area contributed by atoms with Gasteiger partial charge in [0.05, 0.1) is 6.61 Å². The van der Waals surface area contributed by atoms with Crippen molar-refractivity contribution in [3.63, 3.8) is 0 Å². The fourth-order valence-corrected chi connectivity index (χ4v) is 4.56. The highest BCUT2D eigenvalue weighted by molar-refractivity contribution is 5.87. The molecular formula is C27H34N2O6. The first-order valence-corrected chi connectivity index (χ1v) is 11.9. The average Bonchev–Trinajstić information content (AvgIpc) is 3.14. The number of benzene rings is 2. The number of carbonyl (C=O) groups excluding carboxylic acids is 2. The third-order valence-electron chi connectivity index (χ3n) is 6.36. The summed E-state index contributed by atoms with van der Waals surface area (Å²) >= 11 is 0. The Kier molecular flexibility index (Phi) is 8.51. The molecule has 0 saturated carbocycles. The second kappa shape index (κ2) is 11.4. The average molecular weight is 483 g/mol. The quantitative estimate of drug-likeness (QED) is 0.388. The Labute approximate surface area is 205 Å². The molecule has 2 aromatic rings. The Balaban J connectivity index is 1.57. The highest BCUT2D eigenvalue weighted by atomic mass is 16.5. The number of hydrogen-bond donors (Lipinski definition) is 4. The van der Waals surface area contributed by atoms with Gasteiger partial charge in [-0.05, 0) is 47.4 Å². The van der Waals surface area contributed by atoms with Crippen molar-refractivity contribution in [2.45, 2.75) is 45.1 Å². The van der Waals surface area contributed by atoms with Gasteiger partial charge in [0.1, 0.15) is 6.61 Å². The zero-order valence-electron chi connectivity index (χ0n) is 20.4. The number of aliphatic hydroxyl groups excluding tert-OH is 1. The third kappa shape index (κ3) is 6.39. The van der Waals surface area contributed by atoms with Crippen molar-refractivity contribution in [2.24, 2.45) is 11.8 Å². The standard InChI is InChI=1S/C27H34N2O6/c1-17(2)12-18(13-24(31)29-27(3,16-30)25(32)33)14-28-26(34)35-15-23-21-10-6-4-8-19(21)20-9-5-7-11-22(20)23/h4-11,17-18,23,30H,12-16H2,1-3H3,(H,28,34)(H,29,31)(H,32,33). The molecule has 35 heavy (non-hydrogen) atoms. The Hall–Kier alpha value is -3.39. The maximum absolute atomic E-state index is 12.5. The first-order valence-electron chi connectivity index (χ1n) is 11.9. The van der Waals surface area contributed by atoms with Gasteiger partial charge in [0.25, 0.3) is 0 Å². The molecule has 1 aliphatic carbocycles. The smallest absolute Gasteiger partial charge is 0.407 e. The van der Waals surface area contributed by atoms with E-state index in [1.165, 1.54) is 6.92 Å². The van der Waals surface area contributed by atoms with Crippen LogP contribution in [0.4, 0.5) is 4.79 Å². The lowest BCUT2D eigenvalue weighted by Gasteiger charge is -2.26. The van der Waals surface area contributed by atoms with Gasteiger partial charge in [0.15, 0.2) is 5.54 Å². The molecule has 0 spiro atoms. The van der Waals surface area contributed by atoms with Crippen molar-refractivity contribution in [3.05, 3.63) is 59.7 Å². The minimum absolute atomic E-state index is 0.0186. The van der Waals surface area contributed by atoms with Gasteiger partial charge in [-0.1, -0.05) is 62.4 Å². The van der Waals surface area contributed by atoms with E-state index in [1.807, 2.05) is 38.1 Å². The van der Waals surface area contributed by atoms with Crippen LogP contribution in [-0.4, -0.2) is 53.5 Å². The predicted octanol–water partition coefficient (Wildman–Crippen LogP) is 3.53. The Morgan fingerprint density at radius 3 is 2.11 bits per heavy atom. The molecule has 2 amide bonds. The molecule has 2 atom stereocenters. The second-order valence-corrected chi connectivity index (χ2v) is 9.75. The summed E-state index contributed by atoms with van der Waals surface area (Å²) in [6.45, 7) is 4.95. The van der Waals surface area contributed by atoms with Crippen molar-refractivity contribution < 1.29 is 29.3 Å². The van der Waals surface area contributed by atoms with Crippen LogP contribution in [0.3, 0.4) is 0 Å². The molecule has 2 aromatic carbocycles. The highest BCUT2D eigenvalue weighted by Crippen LogP contribution is 2.44. The van der Waals surface area contributed by atoms with E-state index in [1.54, 1.807) is 0 Å². The van der Waals surface area contributed by atoms with Crippen LogP contribution in [0.15, 0.2) is 48.5 Å². The molecule has 8 heteroatoms. The third-order valence-corrected chi connectivity index (χ3v) is 6.36. The summed E-state index contributed by atoms with van der Waals surface area (Å²) in [6, 6.07) is 16.2. The number of amides is 2. The maximum atomic E-state index is 12.5. The lowest BCUT2D eigenvalue weighted by molar-refractivity contribution is -0.148. The van der Waals surface area contributed by atoms with Crippen LogP contribution in [0.2, 0.25) is 0 Å². The summed E-state index contributed by atoms with van der Waals surface area (Å²) in [6.07, 6.45) is 0.108. The lowest BCUT2D eigenvalue weighted by atomic mass is 9.93. The fraction of sp³-hybridized carbons (Fsp3) is 0.444. The SMILES string of the molecule is CC(C)CC(CNC(=O)OCC1c2ccccc2-c2ccccc21)CC(=O)NC(C)(CO)C(=O)O. The van der Waals surface area contributed by atoms with E-state index < -0.39 is 30.1 Å². The molecule has 3 rings (SSSR count). The number of alkyl carbamates (subject to hydrolysis) is 1. The van der Waals surface area contributed by atoms with E-state index in [9.17, 15) is 24.6 Å². The number of aliphatic hydroxyl groups is 1. The summed E-state index contributed by atoms with van der Waals surface area (Å²) in [7, 11) is 0. The minimum atomic E-state index is -1.75. The zero-order chi connectivity index (χ0) is 25.6. The first kappa shape index (κ1) is 26.2.